The van der Waals surface area contributed by atoms with Crippen molar-refractivity contribution in [1.82, 2.24) is 10.2 Å². The summed E-state index contributed by atoms with van der Waals surface area (Å²) < 4.78 is 26.2. The number of anilines is 1. The van der Waals surface area contributed by atoms with Gasteiger partial charge in [0.2, 0.25) is 21.8 Å². The molecule has 1 atom stereocenters. The monoisotopic (exact) mass is 431 g/mol. The Morgan fingerprint density at radius 3 is 2.27 bits per heavy atom. The van der Waals surface area contributed by atoms with E-state index in [4.69, 9.17) is 0 Å². The van der Waals surface area contributed by atoms with Gasteiger partial charge in [0.1, 0.15) is 12.6 Å². The van der Waals surface area contributed by atoms with Crippen LogP contribution in [0.25, 0.3) is 0 Å². The van der Waals surface area contributed by atoms with E-state index in [-0.39, 0.29) is 12.5 Å². The number of rotatable bonds is 8. The van der Waals surface area contributed by atoms with E-state index < -0.39 is 28.5 Å². The van der Waals surface area contributed by atoms with Crippen molar-refractivity contribution in [1.29, 1.82) is 0 Å². The van der Waals surface area contributed by atoms with Gasteiger partial charge in [-0.25, -0.2) is 8.42 Å². The van der Waals surface area contributed by atoms with Crippen LogP contribution in [0.15, 0.2) is 48.5 Å². The van der Waals surface area contributed by atoms with Crippen molar-refractivity contribution < 1.29 is 18.0 Å². The second-order valence-electron chi connectivity index (χ2n) is 7.36. The minimum Gasteiger partial charge on any atom is -0.357 e. The molecule has 0 spiro atoms. The summed E-state index contributed by atoms with van der Waals surface area (Å²) in [5, 5.41) is 2.55. The van der Waals surface area contributed by atoms with Gasteiger partial charge in [0.05, 0.1) is 11.9 Å². The lowest BCUT2D eigenvalue weighted by Crippen LogP contribution is -2.50. The van der Waals surface area contributed by atoms with Crippen molar-refractivity contribution in [3.8, 4) is 0 Å². The van der Waals surface area contributed by atoms with Crippen molar-refractivity contribution in [3.63, 3.8) is 0 Å². The summed E-state index contributed by atoms with van der Waals surface area (Å²) in [4.78, 5) is 26.9. The Kier molecular flexibility index (Phi) is 7.61. The van der Waals surface area contributed by atoms with Gasteiger partial charge >= 0.3 is 0 Å². The Labute approximate surface area is 178 Å². The number of nitrogens with one attached hydrogen (secondary N) is 1. The fraction of sp³-hybridized carbons (Fsp3) is 0.364. The third-order valence-corrected chi connectivity index (χ3v) is 6.05. The Morgan fingerprint density at radius 1 is 1.07 bits per heavy atom. The number of hydrogen-bond acceptors (Lipinski definition) is 4. The third kappa shape index (κ3) is 5.82. The lowest BCUT2D eigenvalue weighted by Gasteiger charge is -2.31. The molecular weight excluding hydrogens is 402 g/mol. The quantitative estimate of drug-likeness (QED) is 0.694. The van der Waals surface area contributed by atoms with Crippen LogP contribution >= 0.6 is 0 Å². The lowest BCUT2D eigenvalue weighted by atomic mass is 10.1. The van der Waals surface area contributed by atoms with Gasteiger partial charge in [-0.2, -0.15) is 0 Å². The van der Waals surface area contributed by atoms with Crippen molar-refractivity contribution in [2.75, 3.05) is 24.2 Å². The Morgan fingerprint density at radius 2 is 1.70 bits per heavy atom. The zero-order valence-corrected chi connectivity index (χ0v) is 18.9. The fourth-order valence-electron chi connectivity index (χ4n) is 3.15. The zero-order valence-electron chi connectivity index (χ0n) is 18.0. The smallest absolute Gasteiger partial charge is 0.244 e. The first kappa shape index (κ1) is 23.4. The topological polar surface area (TPSA) is 86.8 Å². The van der Waals surface area contributed by atoms with Gasteiger partial charge in [0.15, 0.2) is 0 Å². The van der Waals surface area contributed by atoms with Crippen LogP contribution in [0.2, 0.25) is 0 Å². The van der Waals surface area contributed by atoms with E-state index >= 15 is 0 Å². The molecule has 0 radical (unpaired) electrons. The minimum absolute atomic E-state index is 0.193. The van der Waals surface area contributed by atoms with Crippen molar-refractivity contribution in [2.45, 2.75) is 33.4 Å². The molecule has 0 aliphatic heterocycles. The summed E-state index contributed by atoms with van der Waals surface area (Å²) in [5.74, 6) is -0.779. The number of carbonyl (C=O) groups is 2. The van der Waals surface area contributed by atoms with Crippen LogP contribution in [0.4, 0.5) is 5.69 Å². The van der Waals surface area contributed by atoms with E-state index in [1.807, 2.05) is 49.4 Å². The van der Waals surface area contributed by atoms with Crippen LogP contribution in [0.1, 0.15) is 23.6 Å². The molecular formula is C22H29N3O4S. The second kappa shape index (κ2) is 9.75. The van der Waals surface area contributed by atoms with Gasteiger partial charge < -0.3 is 10.2 Å². The van der Waals surface area contributed by atoms with Gasteiger partial charge in [0.25, 0.3) is 0 Å². The van der Waals surface area contributed by atoms with Crippen LogP contribution in [-0.4, -0.2) is 51.0 Å². The number of nitrogens with zero attached hydrogens (tertiary/aromatic N) is 2. The van der Waals surface area contributed by atoms with Crippen LogP contribution < -0.4 is 9.62 Å². The Balaban J connectivity index is 2.41. The number of hydrogen-bond donors (Lipinski definition) is 1. The molecule has 162 valence electrons. The van der Waals surface area contributed by atoms with E-state index in [1.165, 1.54) is 11.9 Å². The summed E-state index contributed by atoms with van der Waals surface area (Å²) in [5.41, 5.74) is 2.93. The first-order valence-corrected chi connectivity index (χ1v) is 11.5. The van der Waals surface area contributed by atoms with Crippen molar-refractivity contribution in [3.05, 3.63) is 65.2 Å². The van der Waals surface area contributed by atoms with E-state index in [0.717, 1.165) is 27.3 Å². The van der Waals surface area contributed by atoms with Gasteiger partial charge in [-0.05, 0) is 43.5 Å². The maximum absolute atomic E-state index is 13.3. The fourth-order valence-corrected chi connectivity index (χ4v) is 4.05. The molecule has 0 bridgehead atoms. The molecule has 8 heteroatoms. The molecule has 1 N–H and O–H groups in total. The van der Waals surface area contributed by atoms with E-state index in [2.05, 4.69) is 5.32 Å². The highest BCUT2D eigenvalue weighted by Gasteiger charge is 2.30. The number of aryl methyl sites for hydroxylation is 2. The molecule has 0 unspecified atom stereocenters. The number of carbonyl (C=O) groups excluding carboxylic acids is 2. The van der Waals surface area contributed by atoms with Gasteiger partial charge in [-0.1, -0.05) is 42.5 Å². The number of sulfonamides is 1. The summed E-state index contributed by atoms with van der Waals surface area (Å²) >= 11 is 0. The molecule has 2 rings (SSSR count). The average Bonchev–Trinajstić information content (AvgIpc) is 2.70. The van der Waals surface area contributed by atoms with Crippen LogP contribution in [0.3, 0.4) is 0 Å². The van der Waals surface area contributed by atoms with E-state index in [9.17, 15) is 18.0 Å². The Bertz CT molecular complexity index is 1010. The first-order chi connectivity index (χ1) is 14.0. The van der Waals surface area contributed by atoms with Gasteiger partial charge in [-0.15, -0.1) is 0 Å². The van der Waals surface area contributed by atoms with Crippen molar-refractivity contribution >= 4 is 27.5 Å². The normalized spacial score (nSPS) is 12.2. The van der Waals surface area contributed by atoms with E-state index in [1.54, 1.807) is 19.9 Å². The lowest BCUT2D eigenvalue weighted by molar-refractivity contribution is -0.139. The molecule has 0 aromatic heterocycles. The maximum atomic E-state index is 13.3. The molecule has 2 aromatic rings. The molecule has 0 heterocycles. The molecule has 7 nitrogen and oxygen atoms in total. The number of amides is 2. The summed E-state index contributed by atoms with van der Waals surface area (Å²) in [6.07, 6.45) is 1.08. The molecule has 0 fully saturated rings. The standard InChI is InChI=1S/C22H29N3O4S/c1-16-11-12-17(2)20(13-16)25(30(5,28)29)15-21(26)24(18(3)22(27)23-4)14-19-9-7-6-8-10-19/h6-13,18H,14-15H2,1-5H3,(H,23,27)/t18-/m1/s1. The Hall–Kier alpha value is -2.87. The SMILES string of the molecule is CNC(=O)[C@@H](C)N(Cc1ccccc1)C(=O)CN(c1cc(C)ccc1C)S(C)(=O)=O. The van der Waals surface area contributed by atoms with Gasteiger partial charge in [-0.3, -0.25) is 13.9 Å². The van der Waals surface area contributed by atoms with Crippen LogP contribution in [-0.2, 0) is 26.2 Å². The maximum Gasteiger partial charge on any atom is 0.244 e. The highest BCUT2D eigenvalue weighted by molar-refractivity contribution is 7.92. The largest absolute Gasteiger partial charge is 0.357 e. The summed E-state index contributed by atoms with van der Waals surface area (Å²) in [6, 6.07) is 14.0. The molecule has 0 aliphatic rings. The molecule has 0 saturated heterocycles. The molecule has 2 aromatic carbocycles. The summed E-state index contributed by atoms with van der Waals surface area (Å²) in [7, 11) is -2.22. The van der Waals surface area contributed by atoms with Gasteiger partial charge in [0, 0.05) is 13.6 Å². The average molecular weight is 432 g/mol. The summed E-state index contributed by atoms with van der Waals surface area (Å²) in [6.45, 7) is 5.09. The predicted molar refractivity (Wildman–Crippen MR) is 119 cm³/mol. The first-order valence-electron chi connectivity index (χ1n) is 9.64. The zero-order chi connectivity index (χ0) is 22.5. The molecule has 0 saturated carbocycles. The van der Waals surface area contributed by atoms with E-state index in [0.29, 0.717) is 5.69 Å². The second-order valence-corrected chi connectivity index (χ2v) is 9.26. The van der Waals surface area contributed by atoms with Crippen LogP contribution in [0.5, 0.6) is 0 Å². The molecule has 0 aliphatic carbocycles. The predicted octanol–water partition coefficient (Wildman–Crippen LogP) is 2.23. The highest BCUT2D eigenvalue weighted by atomic mass is 32.2. The molecule has 30 heavy (non-hydrogen) atoms. The third-order valence-electron chi connectivity index (χ3n) is 4.92. The highest BCUT2D eigenvalue weighted by Crippen LogP contribution is 2.24. The number of likely N-dealkylation sites (N-methyl/N-ethyl adjacent to an activating group) is 1. The molecule has 2 amide bonds. The number of benzene rings is 2. The minimum atomic E-state index is -3.72. The van der Waals surface area contributed by atoms with Crippen LogP contribution in [0, 0.1) is 13.8 Å². The van der Waals surface area contributed by atoms with Crippen molar-refractivity contribution in [2.24, 2.45) is 0 Å².